The molecule has 2 aromatic heterocycles. The van der Waals surface area contributed by atoms with Crippen molar-refractivity contribution in [2.45, 2.75) is 46.5 Å². The van der Waals surface area contributed by atoms with Gasteiger partial charge in [-0.25, -0.2) is 4.98 Å². The topological polar surface area (TPSA) is 87.7 Å². The zero-order valence-corrected chi connectivity index (χ0v) is 15.1. The van der Waals surface area contributed by atoms with Crippen molar-refractivity contribution in [3.05, 3.63) is 46.1 Å². The summed E-state index contributed by atoms with van der Waals surface area (Å²) >= 11 is 0. The SMILES string of the molecule is Cc1nc(-c2ccncc2)[nH]c(=O)c1CCC(=O)NCCCC(C)C. The minimum atomic E-state index is -0.188. The van der Waals surface area contributed by atoms with Crippen molar-refractivity contribution >= 4 is 5.91 Å². The molecule has 0 aliphatic carbocycles. The number of H-pyrrole nitrogens is 1. The van der Waals surface area contributed by atoms with Crippen LogP contribution in [0.25, 0.3) is 11.4 Å². The smallest absolute Gasteiger partial charge is 0.254 e. The van der Waals surface area contributed by atoms with Crippen LogP contribution < -0.4 is 10.9 Å². The van der Waals surface area contributed by atoms with Gasteiger partial charge in [-0.05, 0) is 44.2 Å². The van der Waals surface area contributed by atoms with Gasteiger partial charge in [0.05, 0.1) is 0 Å². The van der Waals surface area contributed by atoms with Gasteiger partial charge < -0.3 is 10.3 Å². The predicted molar refractivity (Wildman–Crippen MR) is 98.2 cm³/mol. The maximum atomic E-state index is 12.3. The van der Waals surface area contributed by atoms with E-state index in [2.05, 4.69) is 34.1 Å². The number of hydrogen-bond donors (Lipinski definition) is 2. The molecular formula is C19H26N4O2. The lowest BCUT2D eigenvalue weighted by molar-refractivity contribution is -0.121. The number of nitrogens with one attached hydrogen (secondary N) is 2. The third-order valence-electron chi connectivity index (χ3n) is 4.06. The molecular weight excluding hydrogens is 316 g/mol. The van der Waals surface area contributed by atoms with E-state index in [9.17, 15) is 9.59 Å². The summed E-state index contributed by atoms with van der Waals surface area (Å²) in [5.74, 6) is 1.13. The number of amides is 1. The van der Waals surface area contributed by atoms with E-state index in [1.165, 1.54) is 0 Å². The Bertz CT molecular complexity index is 754. The molecule has 0 saturated carbocycles. The second kappa shape index (κ2) is 9.11. The molecule has 1 amide bonds. The fourth-order valence-electron chi connectivity index (χ4n) is 2.62. The van der Waals surface area contributed by atoms with Gasteiger partial charge in [0.25, 0.3) is 5.56 Å². The zero-order chi connectivity index (χ0) is 18.2. The molecule has 2 aromatic rings. The average molecular weight is 342 g/mol. The van der Waals surface area contributed by atoms with Gasteiger partial charge >= 0.3 is 0 Å². The predicted octanol–water partition coefficient (Wildman–Crippen LogP) is 2.63. The first-order chi connectivity index (χ1) is 12.0. The Balaban J connectivity index is 1.94. The van der Waals surface area contributed by atoms with E-state index in [1.807, 2.05) is 0 Å². The van der Waals surface area contributed by atoms with Gasteiger partial charge in [0.2, 0.25) is 5.91 Å². The van der Waals surface area contributed by atoms with Crippen LogP contribution in [0, 0.1) is 12.8 Å². The number of carbonyl (C=O) groups is 1. The van der Waals surface area contributed by atoms with Crippen LogP contribution in [-0.4, -0.2) is 27.4 Å². The lowest BCUT2D eigenvalue weighted by atomic mass is 10.1. The maximum absolute atomic E-state index is 12.3. The Morgan fingerprint density at radius 3 is 2.64 bits per heavy atom. The van der Waals surface area contributed by atoms with E-state index in [0.717, 1.165) is 18.4 Å². The molecule has 0 aliphatic heterocycles. The number of nitrogens with zero attached hydrogens (tertiary/aromatic N) is 2. The number of aryl methyl sites for hydroxylation is 1. The van der Waals surface area contributed by atoms with E-state index in [0.29, 0.717) is 42.4 Å². The minimum absolute atomic E-state index is 0.0271. The van der Waals surface area contributed by atoms with Crippen molar-refractivity contribution in [2.75, 3.05) is 6.54 Å². The summed E-state index contributed by atoms with van der Waals surface area (Å²) in [5.41, 5.74) is 1.84. The van der Waals surface area contributed by atoms with E-state index in [4.69, 9.17) is 0 Å². The molecule has 134 valence electrons. The first kappa shape index (κ1) is 18.8. The fourth-order valence-corrected chi connectivity index (χ4v) is 2.62. The normalized spacial score (nSPS) is 10.9. The van der Waals surface area contributed by atoms with Crippen LogP contribution in [0.3, 0.4) is 0 Å². The molecule has 0 radical (unpaired) electrons. The van der Waals surface area contributed by atoms with Crippen molar-refractivity contribution in [1.29, 1.82) is 0 Å². The fraction of sp³-hybridized carbons (Fsp3) is 0.474. The van der Waals surface area contributed by atoms with Gasteiger partial charge in [0.15, 0.2) is 0 Å². The number of rotatable bonds is 8. The number of aromatic amines is 1. The summed E-state index contributed by atoms with van der Waals surface area (Å²) < 4.78 is 0. The summed E-state index contributed by atoms with van der Waals surface area (Å²) in [5, 5.41) is 2.91. The van der Waals surface area contributed by atoms with Gasteiger partial charge in [0.1, 0.15) is 5.82 Å². The molecule has 6 heteroatoms. The van der Waals surface area contributed by atoms with Gasteiger partial charge in [-0.3, -0.25) is 14.6 Å². The van der Waals surface area contributed by atoms with Crippen molar-refractivity contribution in [3.63, 3.8) is 0 Å². The number of hydrogen-bond acceptors (Lipinski definition) is 4. The standard InChI is InChI=1S/C19H26N4O2/c1-13(2)5-4-10-21-17(24)7-6-16-14(3)22-18(23-19(16)25)15-8-11-20-12-9-15/h8-9,11-13H,4-7,10H2,1-3H3,(H,21,24)(H,22,23,25). The van der Waals surface area contributed by atoms with Gasteiger partial charge in [-0.1, -0.05) is 13.8 Å². The zero-order valence-electron chi connectivity index (χ0n) is 15.1. The van der Waals surface area contributed by atoms with E-state index in [1.54, 1.807) is 31.5 Å². The number of aromatic nitrogens is 3. The molecule has 0 aliphatic rings. The largest absolute Gasteiger partial charge is 0.356 e. The Labute approximate surface area is 148 Å². The van der Waals surface area contributed by atoms with Gasteiger partial charge in [-0.15, -0.1) is 0 Å². The highest BCUT2D eigenvalue weighted by molar-refractivity contribution is 5.76. The lowest BCUT2D eigenvalue weighted by Gasteiger charge is -2.09. The monoisotopic (exact) mass is 342 g/mol. The summed E-state index contributed by atoms with van der Waals surface area (Å²) in [6, 6.07) is 3.59. The Kier molecular flexibility index (Phi) is 6.86. The molecule has 0 bridgehead atoms. The molecule has 0 fully saturated rings. The van der Waals surface area contributed by atoms with Crippen LogP contribution in [0.1, 0.15) is 44.4 Å². The van der Waals surface area contributed by atoms with E-state index < -0.39 is 0 Å². The highest BCUT2D eigenvalue weighted by Gasteiger charge is 2.11. The van der Waals surface area contributed by atoms with Crippen LogP contribution in [0.2, 0.25) is 0 Å². The van der Waals surface area contributed by atoms with E-state index in [-0.39, 0.29) is 11.5 Å². The van der Waals surface area contributed by atoms with Crippen LogP contribution in [0.5, 0.6) is 0 Å². The van der Waals surface area contributed by atoms with Crippen LogP contribution in [-0.2, 0) is 11.2 Å². The van der Waals surface area contributed by atoms with Crippen molar-refractivity contribution in [2.24, 2.45) is 5.92 Å². The van der Waals surface area contributed by atoms with Crippen molar-refractivity contribution in [1.82, 2.24) is 20.3 Å². The molecule has 6 nitrogen and oxygen atoms in total. The highest BCUT2D eigenvalue weighted by Crippen LogP contribution is 2.13. The summed E-state index contributed by atoms with van der Waals surface area (Å²) in [7, 11) is 0. The quantitative estimate of drug-likeness (QED) is 0.722. The number of carbonyl (C=O) groups excluding carboxylic acids is 1. The second-order valence-corrected chi connectivity index (χ2v) is 6.60. The Morgan fingerprint density at radius 2 is 2.00 bits per heavy atom. The van der Waals surface area contributed by atoms with Crippen molar-refractivity contribution < 1.29 is 4.79 Å². The lowest BCUT2D eigenvalue weighted by Crippen LogP contribution is -2.26. The molecule has 0 atom stereocenters. The first-order valence-corrected chi connectivity index (χ1v) is 8.74. The minimum Gasteiger partial charge on any atom is -0.356 e. The van der Waals surface area contributed by atoms with Crippen LogP contribution in [0.15, 0.2) is 29.3 Å². The molecule has 2 heterocycles. The highest BCUT2D eigenvalue weighted by atomic mass is 16.1. The van der Waals surface area contributed by atoms with Crippen LogP contribution in [0.4, 0.5) is 0 Å². The van der Waals surface area contributed by atoms with Crippen LogP contribution >= 0.6 is 0 Å². The molecule has 2 rings (SSSR count). The van der Waals surface area contributed by atoms with Gasteiger partial charge in [-0.2, -0.15) is 0 Å². The summed E-state index contributed by atoms with van der Waals surface area (Å²) in [4.78, 5) is 35.5. The average Bonchev–Trinajstić information content (AvgIpc) is 2.58. The third-order valence-corrected chi connectivity index (χ3v) is 4.06. The first-order valence-electron chi connectivity index (χ1n) is 8.74. The second-order valence-electron chi connectivity index (χ2n) is 6.60. The molecule has 0 unspecified atom stereocenters. The Morgan fingerprint density at radius 1 is 1.28 bits per heavy atom. The molecule has 0 aromatic carbocycles. The molecule has 2 N–H and O–H groups in total. The molecule has 0 spiro atoms. The molecule has 25 heavy (non-hydrogen) atoms. The molecule has 0 saturated heterocycles. The van der Waals surface area contributed by atoms with Gasteiger partial charge in [0, 0.05) is 42.2 Å². The summed E-state index contributed by atoms with van der Waals surface area (Å²) in [6.07, 6.45) is 6.07. The Hall–Kier alpha value is -2.50. The third kappa shape index (κ3) is 5.81. The number of pyridine rings is 1. The van der Waals surface area contributed by atoms with E-state index >= 15 is 0 Å². The summed E-state index contributed by atoms with van der Waals surface area (Å²) in [6.45, 7) is 6.82. The van der Waals surface area contributed by atoms with Crippen molar-refractivity contribution in [3.8, 4) is 11.4 Å². The maximum Gasteiger partial charge on any atom is 0.254 e.